The van der Waals surface area contributed by atoms with Gasteiger partial charge in [-0.25, -0.2) is 0 Å². The maximum Gasteiger partial charge on any atom is 0.270 e. The molecule has 1 saturated heterocycles. The summed E-state index contributed by atoms with van der Waals surface area (Å²) in [7, 11) is 0. The number of thiocarbonyl (C=S) groups is 1. The lowest BCUT2D eigenvalue weighted by Crippen LogP contribution is -2.27. The van der Waals surface area contributed by atoms with Crippen molar-refractivity contribution >= 4 is 46.0 Å². The van der Waals surface area contributed by atoms with Gasteiger partial charge in [-0.3, -0.25) is 19.8 Å². The van der Waals surface area contributed by atoms with Crippen LogP contribution in [-0.2, 0) is 4.79 Å². The monoisotopic (exact) mass is 388 g/mol. The first-order valence-corrected chi connectivity index (χ1v) is 8.57. The normalized spacial score (nSPS) is 15.7. The van der Waals surface area contributed by atoms with Gasteiger partial charge in [-0.1, -0.05) is 30.1 Å². The second kappa shape index (κ2) is 7.14. The number of carbonyl (C=O) groups excluding carboxylic acids is 1. The Balaban J connectivity index is 1.91. The topological polar surface area (TPSA) is 96.8 Å². The van der Waals surface area contributed by atoms with Crippen LogP contribution in [0.5, 0.6) is 5.75 Å². The van der Waals surface area contributed by atoms with E-state index in [1.54, 1.807) is 24.3 Å². The molecule has 2 aromatic rings. The van der Waals surface area contributed by atoms with E-state index in [1.807, 2.05) is 0 Å². The molecule has 0 saturated carbocycles. The second-order valence-electron chi connectivity index (χ2n) is 5.24. The van der Waals surface area contributed by atoms with Crippen LogP contribution in [0.3, 0.4) is 0 Å². The lowest BCUT2D eigenvalue weighted by molar-refractivity contribution is -0.384. The highest BCUT2D eigenvalue weighted by molar-refractivity contribution is 8.26. The van der Waals surface area contributed by atoms with Crippen LogP contribution in [0.15, 0.2) is 52.3 Å². The molecule has 9 heteroatoms. The van der Waals surface area contributed by atoms with E-state index in [0.29, 0.717) is 21.5 Å². The molecule has 0 aliphatic carbocycles. The third-order valence-electron chi connectivity index (χ3n) is 3.54. The van der Waals surface area contributed by atoms with Gasteiger partial charge in [0.25, 0.3) is 11.6 Å². The zero-order chi connectivity index (χ0) is 18.8. The van der Waals surface area contributed by atoms with E-state index >= 15 is 0 Å². The number of aromatic hydroxyl groups is 1. The first-order chi connectivity index (χ1) is 12.4. The molecular formula is C17H12N2O5S2. The van der Waals surface area contributed by atoms with Gasteiger partial charge >= 0.3 is 0 Å². The van der Waals surface area contributed by atoms with Crippen LogP contribution in [-0.4, -0.2) is 31.7 Å². The number of nitrogens with zero attached hydrogens (tertiary/aromatic N) is 2. The van der Waals surface area contributed by atoms with Crippen LogP contribution >= 0.6 is 24.0 Å². The largest absolute Gasteiger partial charge is 0.507 e. The molecule has 1 aliphatic heterocycles. The number of amides is 1. The molecule has 0 bridgehead atoms. The van der Waals surface area contributed by atoms with E-state index in [0.717, 1.165) is 11.8 Å². The minimum Gasteiger partial charge on any atom is -0.507 e. The zero-order valence-corrected chi connectivity index (χ0v) is 14.9. The summed E-state index contributed by atoms with van der Waals surface area (Å²) >= 11 is 6.32. The van der Waals surface area contributed by atoms with Crippen LogP contribution in [0.1, 0.15) is 5.76 Å². The van der Waals surface area contributed by atoms with E-state index in [9.17, 15) is 20.0 Å². The summed E-state index contributed by atoms with van der Waals surface area (Å²) in [5, 5.41) is 20.8. The number of hydrogen-bond acceptors (Lipinski definition) is 7. The van der Waals surface area contributed by atoms with Crippen molar-refractivity contribution in [2.45, 2.75) is 0 Å². The molecule has 0 radical (unpaired) electrons. The molecule has 7 nitrogen and oxygen atoms in total. The molecule has 3 rings (SSSR count). The van der Waals surface area contributed by atoms with E-state index in [4.69, 9.17) is 16.6 Å². The Morgan fingerprint density at radius 1 is 1.38 bits per heavy atom. The number of non-ortho nitro benzene ring substituents is 1. The minimum absolute atomic E-state index is 0.145. The maximum absolute atomic E-state index is 12.3. The van der Waals surface area contributed by atoms with Gasteiger partial charge in [0.05, 0.1) is 15.4 Å². The van der Waals surface area contributed by atoms with E-state index in [1.165, 1.54) is 23.1 Å². The van der Waals surface area contributed by atoms with Gasteiger partial charge < -0.3 is 9.52 Å². The van der Waals surface area contributed by atoms with E-state index in [2.05, 4.69) is 6.58 Å². The zero-order valence-electron chi connectivity index (χ0n) is 13.2. The smallest absolute Gasteiger partial charge is 0.270 e. The summed E-state index contributed by atoms with van der Waals surface area (Å²) in [6.45, 7) is 3.92. The van der Waals surface area contributed by atoms with Crippen molar-refractivity contribution < 1.29 is 19.2 Å². The minimum atomic E-state index is -0.558. The summed E-state index contributed by atoms with van der Waals surface area (Å²) in [6.07, 6.45) is 3.13. The highest BCUT2D eigenvalue weighted by atomic mass is 32.2. The van der Waals surface area contributed by atoms with Crippen molar-refractivity contribution in [3.8, 4) is 17.1 Å². The molecule has 132 valence electrons. The number of benzene rings is 1. The average Bonchev–Trinajstić information content (AvgIpc) is 3.16. The van der Waals surface area contributed by atoms with Gasteiger partial charge in [0.15, 0.2) is 0 Å². The summed E-state index contributed by atoms with van der Waals surface area (Å²) in [5.74, 6) is 0.230. The summed E-state index contributed by atoms with van der Waals surface area (Å²) in [5.41, 5.74) is 0.0269. The Kier molecular flexibility index (Phi) is 4.92. The van der Waals surface area contributed by atoms with Crippen LogP contribution in [0.4, 0.5) is 5.69 Å². The number of thioether (sulfide) groups is 1. The fourth-order valence-electron chi connectivity index (χ4n) is 2.33. The van der Waals surface area contributed by atoms with Crippen molar-refractivity contribution in [1.29, 1.82) is 0 Å². The van der Waals surface area contributed by atoms with E-state index in [-0.39, 0.29) is 28.7 Å². The molecule has 1 amide bonds. The first-order valence-electron chi connectivity index (χ1n) is 7.34. The molecule has 0 unspecified atom stereocenters. The SMILES string of the molecule is C=CCN1C(=O)/C(=C/c2ccc(-c3cc([N+](=O)[O-])ccc3O)o2)SC1=S. The number of phenols is 1. The molecule has 1 fully saturated rings. The summed E-state index contributed by atoms with van der Waals surface area (Å²) in [4.78, 5) is 24.5. The highest BCUT2D eigenvalue weighted by Crippen LogP contribution is 2.36. The lowest BCUT2D eigenvalue weighted by atomic mass is 10.1. The van der Waals surface area contributed by atoms with Gasteiger partial charge in [0.2, 0.25) is 0 Å². The lowest BCUT2D eigenvalue weighted by Gasteiger charge is -2.10. The fraction of sp³-hybridized carbons (Fsp3) is 0.0588. The number of carbonyl (C=O) groups is 1. The van der Waals surface area contributed by atoms with Crippen LogP contribution in [0.2, 0.25) is 0 Å². The maximum atomic E-state index is 12.3. The molecule has 26 heavy (non-hydrogen) atoms. The Hall–Kier alpha value is -2.91. The second-order valence-corrected chi connectivity index (χ2v) is 6.92. The molecular weight excluding hydrogens is 376 g/mol. The van der Waals surface area contributed by atoms with Gasteiger partial charge in [-0.15, -0.1) is 6.58 Å². The predicted octanol–water partition coefficient (Wildman–Crippen LogP) is 3.95. The number of phenolic OH excluding ortho intramolecular Hbond substituents is 1. The number of rotatable bonds is 5. The van der Waals surface area contributed by atoms with Gasteiger partial charge in [-0.2, -0.15) is 0 Å². The van der Waals surface area contributed by atoms with Gasteiger partial charge in [-0.05, 0) is 18.2 Å². The molecule has 1 aromatic heterocycles. The third kappa shape index (κ3) is 3.39. The molecule has 2 heterocycles. The Labute approximate surface area is 157 Å². The Bertz CT molecular complexity index is 964. The molecule has 1 N–H and O–H groups in total. The van der Waals surface area contributed by atoms with Crippen molar-refractivity contribution in [3.63, 3.8) is 0 Å². The standard InChI is InChI=1S/C17H12N2O5S2/c1-2-7-18-16(21)15(26-17(18)25)9-11-4-6-14(24-11)12-8-10(19(22)23)3-5-13(12)20/h2-6,8-9,20H,1,7H2/b15-9-. The number of nitro benzene ring substituents is 1. The van der Waals surface area contributed by atoms with Crippen molar-refractivity contribution in [2.75, 3.05) is 6.54 Å². The Morgan fingerprint density at radius 2 is 2.15 bits per heavy atom. The van der Waals surface area contributed by atoms with Crippen LogP contribution in [0.25, 0.3) is 17.4 Å². The molecule has 0 atom stereocenters. The van der Waals surface area contributed by atoms with Crippen LogP contribution < -0.4 is 0 Å². The van der Waals surface area contributed by atoms with Crippen molar-refractivity contribution in [3.05, 3.63) is 63.8 Å². The van der Waals surface area contributed by atoms with E-state index < -0.39 is 4.92 Å². The number of furan rings is 1. The molecule has 0 spiro atoms. The van der Waals surface area contributed by atoms with Gasteiger partial charge in [0.1, 0.15) is 21.6 Å². The third-order valence-corrected chi connectivity index (χ3v) is 4.92. The van der Waals surface area contributed by atoms with Gasteiger partial charge in [0, 0.05) is 24.8 Å². The summed E-state index contributed by atoms with van der Waals surface area (Å²) in [6, 6.07) is 6.83. The average molecular weight is 388 g/mol. The molecule has 1 aromatic carbocycles. The molecule has 1 aliphatic rings. The van der Waals surface area contributed by atoms with Crippen LogP contribution in [0, 0.1) is 10.1 Å². The Morgan fingerprint density at radius 3 is 2.85 bits per heavy atom. The highest BCUT2D eigenvalue weighted by Gasteiger charge is 2.31. The quantitative estimate of drug-likeness (QED) is 0.272. The fourth-order valence-corrected chi connectivity index (χ4v) is 3.58. The van der Waals surface area contributed by atoms with Crippen molar-refractivity contribution in [1.82, 2.24) is 4.90 Å². The number of hydrogen-bond donors (Lipinski definition) is 1. The summed E-state index contributed by atoms with van der Waals surface area (Å²) < 4.78 is 6.05. The predicted molar refractivity (Wildman–Crippen MR) is 103 cm³/mol. The van der Waals surface area contributed by atoms with Crippen molar-refractivity contribution in [2.24, 2.45) is 0 Å². The first kappa shape index (κ1) is 17.9. The number of nitro groups is 1.